The molecule has 1 aromatic heterocycles. The standard InChI is InChI=1S/C19H29N3O3S/c1-2-25-19(24)21-11-8-16(9-12-21)22(14-17-20-10-13-26-17)18(23)15-6-4-3-5-7-15/h10,13,15-16H,2-9,11-12,14H2,1H3. The smallest absolute Gasteiger partial charge is 0.409 e. The second kappa shape index (κ2) is 9.35. The maximum Gasteiger partial charge on any atom is 0.409 e. The van der Waals surface area contributed by atoms with Gasteiger partial charge in [0.1, 0.15) is 5.01 Å². The van der Waals surface area contributed by atoms with Crippen LogP contribution >= 0.6 is 11.3 Å². The number of nitrogens with zero attached hydrogens (tertiary/aromatic N) is 3. The molecule has 6 nitrogen and oxygen atoms in total. The summed E-state index contributed by atoms with van der Waals surface area (Å²) >= 11 is 1.60. The zero-order chi connectivity index (χ0) is 18.4. The number of carbonyl (C=O) groups is 2. The van der Waals surface area contributed by atoms with Gasteiger partial charge in [-0.05, 0) is 32.6 Å². The van der Waals surface area contributed by atoms with Gasteiger partial charge in [-0.1, -0.05) is 19.3 Å². The molecule has 0 N–H and O–H groups in total. The maximum absolute atomic E-state index is 13.2. The lowest BCUT2D eigenvalue weighted by Gasteiger charge is -2.39. The minimum Gasteiger partial charge on any atom is -0.450 e. The molecule has 0 unspecified atom stereocenters. The van der Waals surface area contributed by atoms with E-state index in [-0.39, 0.29) is 24.0 Å². The second-order valence-electron chi connectivity index (χ2n) is 7.14. The molecule has 0 bridgehead atoms. The van der Waals surface area contributed by atoms with Crippen LogP contribution in [0, 0.1) is 5.92 Å². The monoisotopic (exact) mass is 379 g/mol. The van der Waals surface area contributed by atoms with E-state index in [1.165, 1.54) is 6.42 Å². The highest BCUT2D eigenvalue weighted by Gasteiger charge is 2.34. The first kappa shape index (κ1) is 19.1. The molecule has 26 heavy (non-hydrogen) atoms. The van der Waals surface area contributed by atoms with Crippen molar-refractivity contribution in [2.45, 2.75) is 64.5 Å². The van der Waals surface area contributed by atoms with E-state index in [4.69, 9.17) is 4.74 Å². The molecule has 1 aliphatic heterocycles. The summed E-state index contributed by atoms with van der Waals surface area (Å²) in [5.74, 6) is 0.446. The first-order valence-corrected chi connectivity index (χ1v) is 10.7. The zero-order valence-electron chi connectivity index (χ0n) is 15.6. The number of piperidine rings is 1. The number of aromatic nitrogens is 1. The van der Waals surface area contributed by atoms with Crippen molar-refractivity contribution in [3.63, 3.8) is 0 Å². The third-order valence-corrected chi connectivity index (χ3v) is 6.22. The Morgan fingerprint density at radius 1 is 1.23 bits per heavy atom. The molecule has 2 fully saturated rings. The molecule has 1 aromatic rings. The summed E-state index contributed by atoms with van der Waals surface area (Å²) in [6.45, 7) is 4.11. The average Bonchev–Trinajstić information content (AvgIpc) is 3.20. The van der Waals surface area contributed by atoms with Gasteiger partial charge in [0, 0.05) is 36.6 Å². The van der Waals surface area contributed by atoms with Crippen molar-refractivity contribution in [2.24, 2.45) is 5.92 Å². The summed E-state index contributed by atoms with van der Waals surface area (Å²) in [4.78, 5) is 33.4. The number of likely N-dealkylation sites (tertiary alicyclic amines) is 1. The molecule has 144 valence electrons. The summed E-state index contributed by atoms with van der Waals surface area (Å²) in [7, 11) is 0. The van der Waals surface area contributed by atoms with Crippen molar-refractivity contribution in [1.82, 2.24) is 14.8 Å². The molecule has 2 aliphatic rings. The van der Waals surface area contributed by atoms with Crippen LogP contribution in [0.5, 0.6) is 0 Å². The van der Waals surface area contributed by atoms with Crippen molar-refractivity contribution in [3.8, 4) is 0 Å². The highest BCUT2D eigenvalue weighted by Crippen LogP contribution is 2.29. The van der Waals surface area contributed by atoms with E-state index in [0.29, 0.717) is 26.2 Å². The van der Waals surface area contributed by atoms with Crippen molar-refractivity contribution in [3.05, 3.63) is 16.6 Å². The van der Waals surface area contributed by atoms with Gasteiger partial charge in [0.2, 0.25) is 5.91 Å². The number of carbonyl (C=O) groups excluding carboxylic acids is 2. The molecule has 0 spiro atoms. The minimum absolute atomic E-state index is 0.159. The Balaban J connectivity index is 1.65. The van der Waals surface area contributed by atoms with E-state index in [9.17, 15) is 9.59 Å². The Bertz CT molecular complexity index is 579. The Kier molecular flexibility index (Phi) is 6.88. The van der Waals surface area contributed by atoms with Gasteiger partial charge in [0.05, 0.1) is 13.2 Å². The normalized spacial score (nSPS) is 19.3. The van der Waals surface area contributed by atoms with Crippen LogP contribution in [0.3, 0.4) is 0 Å². The number of amides is 2. The van der Waals surface area contributed by atoms with Crippen molar-refractivity contribution < 1.29 is 14.3 Å². The van der Waals surface area contributed by atoms with Gasteiger partial charge in [0.15, 0.2) is 0 Å². The van der Waals surface area contributed by atoms with Gasteiger partial charge in [-0.3, -0.25) is 4.79 Å². The van der Waals surface area contributed by atoms with Gasteiger partial charge in [0.25, 0.3) is 0 Å². The second-order valence-corrected chi connectivity index (χ2v) is 8.12. The van der Waals surface area contributed by atoms with E-state index >= 15 is 0 Å². The predicted octanol–water partition coefficient (Wildman–Crippen LogP) is 3.67. The van der Waals surface area contributed by atoms with E-state index in [2.05, 4.69) is 9.88 Å². The molecular weight excluding hydrogens is 350 g/mol. The number of hydrogen-bond donors (Lipinski definition) is 0. The van der Waals surface area contributed by atoms with Crippen molar-refractivity contribution in [1.29, 1.82) is 0 Å². The highest BCUT2D eigenvalue weighted by molar-refractivity contribution is 7.09. The number of ether oxygens (including phenoxy) is 1. The summed E-state index contributed by atoms with van der Waals surface area (Å²) in [5, 5.41) is 2.95. The fourth-order valence-electron chi connectivity index (χ4n) is 4.02. The van der Waals surface area contributed by atoms with E-state index < -0.39 is 0 Å². The topological polar surface area (TPSA) is 62.7 Å². The van der Waals surface area contributed by atoms with Gasteiger partial charge < -0.3 is 14.5 Å². The van der Waals surface area contributed by atoms with Gasteiger partial charge in [-0.2, -0.15) is 0 Å². The van der Waals surface area contributed by atoms with Crippen molar-refractivity contribution in [2.75, 3.05) is 19.7 Å². The molecule has 2 amide bonds. The molecular formula is C19H29N3O3S. The van der Waals surface area contributed by atoms with Crippen LogP contribution in [0.4, 0.5) is 4.79 Å². The molecule has 1 saturated heterocycles. The first-order valence-electron chi connectivity index (χ1n) is 9.79. The van der Waals surface area contributed by atoms with Gasteiger partial charge in [-0.15, -0.1) is 11.3 Å². The van der Waals surface area contributed by atoms with E-state index in [1.54, 1.807) is 22.4 Å². The number of thiazole rings is 1. The Morgan fingerprint density at radius 2 is 1.96 bits per heavy atom. The SMILES string of the molecule is CCOC(=O)N1CCC(N(Cc2nccs2)C(=O)C2CCCCC2)CC1. The first-order chi connectivity index (χ1) is 12.7. The largest absolute Gasteiger partial charge is 0.450 e. The molecule has 2 heterocycles. The minimum atomic E-state index is -0.240. The maximum atomic E-state index is 13.2. The van der Waals surface area contributed by atoms with Crippen LogP contribution in [0.15, 0.2) is 11.6 Å². The van der Waals surface area contributed by atoms with Crippen LogP contribution in [0.25, 0.3) is 0 Å². The number of rotatable bonds is 5. The Hall–Kier alpha value is -1.63. The summed E-state index contributed by atoms with van der Waals surface area (Å²) in [6, 6.07) is 0.180. The molecule has 1 saturated carbocycles. The molecule has 3 rings (SSSR count). The highest BCUT2D eigenvalue weighted by atomic mass is 32.1. The molecule has 0 radical (unpaired) electrons. The summed E-state index contributed by atoms with van der Waals surface area (Å²) < 4.78 is 5.10. The van der Waals surface area contributed by atoms with E-state index in [0.717, 1.165) is 43.5 Å². The lowest BCUT2D eigenvalue weighted by Crippen LogP contribution is -2.50. The summed E-state index contributed by atoms with van der Waals surface area (Å²) in [5.41, 5.74) is 0. The molecule has 0 aromatic carbocycles. The lowest BCUT2D eigenvalue weighted by molar-refractivity contribution is -0.140. The predicted molar refractivity (Wildman–Crippen MR) is 101 cm³/mol. The van der Waals surface area contributed by atoms with Crippen LogP contribution in [-0.2, 0) is 16.1 Å². The Labute approximate surface area is 159 Å². The lowest BCUT2D eigenvalue weighted by atomic mass is 9.87. The van der Waals surface area contributed by atoms with Crippen molar-refractivity contribution >= 4 is 23.3 Å². The van der Waals surface area contributed by atoms with Crippen LogP contribution in [0.1, 0.15) is 56.9 Å². The van der Waals surface area contributed by atoms with Crippen LogP contribution in [0.2, 0.25) is 0 Å². The van der Waals surface area contributed by atoms with E-state index in [1.807, 2.05) is 12.3 Å². The third-order valence-electron chi connectivity index (χ3n) is 5.46. The van der Waals surface area contributed by atoms with Gasteiger partial charge in [-0.25, -0.2) is 9.78 Å². The van der Waals surface area contributed by atoms with Crippen LogP contribution < -0.4 is 0 Å². The fraction of sp³-hybridized carbons (Fsp3) is 0.737. The van der Waals surface area contributed by atoms with Gasteiger partial charge >= 0.3 is 6.09 Å². The Morgan fingerprint density at radius 3 is 2.58 bits per heavy atom. The zero-order valence-corrected chi connectivity index (χ0v) is 16.4. The third kappa shape index (κ3) is 4.75. The average molecular weight is 380 g/mol. The quantitative estimate of drug-likeness (QED) is 0.783. The molecule has 7 heteroatoms. The summed E-state index contributed by atoms with van der Waals surface area (Å²) in [6.07, 6.45) is 8.75. The van der Waals surface area contributed by atoms with Crippen LogP contribution in [-0.4, -0.2) is 52.5 Å². The fourth-order valence-corrected chi connectivity index (χ4v) is 4.64. The molecule has 0 atom stereocenters. The molecule has 1 aliphatic carbocycles. The number of hydrogen-bond acceptors (Lipinski definition) is 5.